The fourth-order valence-corrected chi connectivity index (χ4v) is 3.95. The molecule has 2 heterocycles. The molecule has 150 valence electrons. The molecule has 1 saturated heterocycles. The molecule has 0 bridgehead atoms. The van der Waals surface area contributed by atoms with Crippen LogP contribution in [0.5, 0.6) is 16.7 Å². The maximum Gasteiger partial charge on any atom is 0.298 e. The van der Waals surface area contributed by atoms with Crippen molar-refractivity contribution >= 4 is 17.4 Å². The van der Waals surface area contributed by atoms with Gasteiger partial charge >= 0.3 is 0 Å². The summed E-state index contributed by atoms with van der Waals surface area (Å²) in [5, 5.41) is 0.428. The standard InChI is InChI=1S/C22H23N3O3S/c1-27-18-11-10-17(21(26)25-12-6-3-7-13-25)15-19(18)28-22-23-20(24-29-22)14-16-8-4-2-5-9-16/h2,4-5,8-11,15H,3,6-7,12-14H2,1H3. The van der Waals surface area contributed by atoms with E-state index in [4.69, 9.17) is 9.47 Å². The van der Waals surface area contributed by atoms with Gasteiger partial charge in [0, 0.05) is 36.6 Å². The first-order valence-electron chi connectivity index (χ1n) is 9.74. The third-order valence-corrected chi connectivity index (χ3v) is 5.54. The van der Waals surface area contributed by atoms with Crippen molar-refractivity contribution in [1.82, 2.24) is 14.3 Å². The van der Waals surface area contributed by atoms with E-state index in [1.165, 1.54) is 18.0 Å². The van der Waals surface area contributed by atoms with Gasteiger partial charge in [0.1, 0.15) is 0 Å². The SMILES string of the molecule is COc1ccc(C(=O)N2CCCCC2)cc1Oc1nc(Cc2ccccc2)ns1. The van der Waals surface area contributed by atoms with Crippen LogP contribution < -0.4 is 9.47 Å². The van der Waals surface area contributed by atoms with Gasteiger partial charge in [0.25, 0.3) is 11.1 Å². The second-order valence-electron chi connectivity index (χ2n) is 6.96. The molecule has 1 aliphatic rings. The van der Waals surface area contributed by atoms with Crippen LogP contribution in [0.3, 0.4) is 0 Å². The molecule has 0 spiro atoms. The van der Waals surface area contributed by atoms with Gasteiger partial charge in [-0.3, -0.25) is 4.79 Å². The monoisotopic (exact) mass is 409 g/mol. The number of carbonyl (C=O) groups is 1. The first-order chi connectivity index (χ1) is 14.2. The zero-order valence-corrected chi connectivity index (χ0v) is 17.2. The lowest BCUT2D eigenvalue weighted by Gasteiger charge is -2.26. The van der Waals surface area contributed by atoms with Crippen molar-refractivity contribution in [3.63, 3.8) is 0 Å². The number of aromatic nitrogens is 2. The third-order valence-electron chi connectivity index (χ3n) is 4.91. The summed E-state index contributed by atoms with van der Waals surface area (Å²) >= 11 is 1.19. The van der Waals surface area contributed by atoms with Gasteiger partial charge in [-0.05, 0) is 43.0 Å². The lowest BCUT2D eigenvalue weighted by molar-refractivity contribution is 0.0724. The highest BCUT2D eigenvalue weighted by Crippen LogP contribution is 2.34. The number of ether oxygens (including phenoxy) is 2. The summed E-state index contributed by atoms with van der Waals surface area (Å²) in [4.78, 5) is 19.2. The molecule has 4 rings (SSSR count). The van der Waals surface area contributed by atoms with Crippen molar-refractivity contribution in [2.24, 2.45) is 0 Å². The smallest absolute Gasteiger partial charge is 0.298 e. The van der Waals surface area contributed by atoms with Crippen molar-refractivity contribution in [3.8, 4) is 16.7 Å². The summed E-state index contributed by atoms with van der Waals surface area (Å²) in [7, 11) is 1.58. The summed E-state index contributed by atoms with van der Waals surface area (Å²) in [6, 6.07) is 15.3. The van der Waals surface area contributed by atoms with Crippen LogP contribution in [0.2, 0.25) is 0 Å². The first-order valence-corrected chi connectivity index (χ1v) is 10.5. The minimum Gasteiger partial charge on any atom is -0.493 e. The Morgan fingerprint density at radius 3 is 2.62 bits per heavy atom. The summed E-state index contributed by atoms with van der Waals surface area (Å²) in [5.41, 5.74) is 1.74. The highest BCUT2D eigenvalue weighted by atomic mass is 32.1. The molecule has 1 aliphatic heterocycles. The van der Waals surface area contributed by atoms with Gasteiger partial charge in [-0.2, -0.15) is 9.36 Å². The van der Waals surface area contributed by atoms with Gasteiger partial charge in [-0.15, -0.1) is 0 Å². The molecule has 0 radical (unpaired) electrons. The van der Waals surface area contributed by atoms with E-state index in [-0.39, 0.29) is 5.91 Å². The molecule has 3 aromatic rings. The Morgan fingerprint density at radius 2 is 1.86 bits per heavy atom. The summed E-state index contributed by atoms with van der Waals surface area (Å²) in [6.45, 7) is 1.61. The average molecular weight is 410 g/mol. The number of piperidine rings is 1. The molecule has 0 N–H and O–H groups in total. The highest BCUT2D eigenvalue weighted by Gasteiger charge is 2.20. The van der Waals surface area contributed by atoms with Crippen LogP contribution in [0.1, 0.15) is 41.0 Å². The summed E-state index contributed by atoms with van der Waals surface area (Å²) in [6.07, 6.45) is 3.94. The Hall–Kier alpha value is -2.93. The molecule has 29 heavy (non-hydrogen) atoms. The minimum atomic E-state index is 0.0271. The molecular weight excluding hydrogens is 386 g/mol. The van der Waals surface area contributed by atoms with Crippen molar-refractivity contribution in [3.05, 3.63) is 65.5 Å². The molecule has 0 aliphatic carbocycles. The molecule has 0 unspecified atom stereocenters. The van der Waals surface area contributed by atoms with E-state index in [0.717, 1.165) is 31.5 Å². The van der Waals surface area contributed by atoms with Crippen LogP contribution in [-0.4, -0.2) is 40.4 Å². The normalized spacial score (nSPS) is 13.9. The van der Waals surface area contributed by atoms with Crippen LogP contribution >= 0.6 is 11.5 Å². The minimum absolute atomic E-state index is 0.0271. The molecule has 0 saturated carbocycles. The number of methoxy groups -OCH3 is 1. The van der Waals surface area contributed by atoms with E-state index in [1.807, 2.05) is 35.2 Å². The zero-order chi connectivity index (χ0) is 20.1. The van der Waals surface area contributed by atoms with Crippen LogP contribution in [0.25, 0.3) is 0 Å². The third kappa shape index (κ3) is 4.74. The molecule has 1 fully saturated rings. The average Bonchev–Trinajstić information content (AvgIpc) is 3.21. The van der Waals surface area contributed by atoms with Crippen molar-refractivity contribution in [2.45, 2.75) is 25.7 Å². The second kappa shape index (κ2) is 9.05. The van der Waals surface area contributed by atoms with Gasteiger partial charge < -0.3 is 14.4 Å². The number of amides is 1. The maximum atomic E-state index is 12.8. The number of hydrogen-bond acceptors (Lipinski definition) is 6. The largest absolute Gasteiger partial charge is 0.493 e. The number of nitrogens with zero attached hydrogens (tertiary/aromatic N) is 3. The maximum absolute atomic E-state index is 12.8. The number of hydrogen-bond donors (Lipinski definition) is 0. The van der Waals surface area contributed by atoms with Crippen LogP contribution in [-0.2, 0) is 6.42 Å². The number of likely N-dealkylation sites (tertiary alicyclic amines) is 1. The molecule has 2 aromatic carbocycles. The Morgan fingerprint density at radius 1 is 1.07 bits per heavy atom. The quantitative estimate of drug-likeness (QED) is 0.597. The predicted octanol–water partition coefficient (Wildman–Crippen LogP) is 4.56. The van der Waals surface area contributed by atoms with Crippen molar-refractivity contribution < 1.29 is 14.3 Å². The molecule has 6 nitrogen and oxygen atoms in total. The van der Waals surface area contributed by atoms with Gasteiger partial charge in [0.05, 0.1) is 7.11 Å². The van der Waals surface area contributed by atoms with E-state index < -0.39 is 0 Å². The number of rotatable bonds is 6. The Kier molecular flexibility index (Phi) is 6.05. The first kappa shape index (κ1) is 19.4. The van der Waals surface area contributed by atoms with Crippen LogP contribution in [0, 0.1) is 0 Å². The molecule has 1 aromatic heterocycles. The van der Waals surface area contributed by atoms with Gasteiger partial charge in [-0.1, -0.05) is 30.3 Å². The van der Waals surface area contributed by atoms with E-state index in [2.05, 4.69) is 9.36 Å². The molecule has 1 amide bonds. The van der Waals surface area contributed by atoms with E-state index in [1.54, 1.807) is 25.3 Å². The van der Waals surface area contributed by atoms with Crippen molar-refractivity contribution in [1.29, 1.82) is 0 Å². The topological polar surface area (TPSA) is 64.5 Å². The molecule has 0 atom stereocenters. The summed E-state index contributed by atoms with van der Waals surface area (Å²) < 4.78 is 15.7. The van der Waals surface area contributed by atoms with Gasteiger partial charge in [0.15, 0.2) is 17.3 Å². The Bertz CT molecular complexity index is 968. The molecular formula is C22H23N3O3S. The second-order valence-corrected chi connectivity index (χ2v) is 7.67. The van der Waals surface area contributed by atoms with Crippen LogP contribution in [0.4, 0.5) is 0 Å². The lowest BCUT2D eigenvalue weighted by Crippen LogP contribution is -2.35. The molecule has 7 heteroatoms. The van der Waals surface area contributed by atoms with E-state index in [9.17, 15) is 4.79 Å². The van der Waals surface area contributed by atoms with E-state index >= 15 is 0 Å². The zero-order valence-electron chi connectivity index (χ0n) is 16.3. The fourth-order valence-electron chi connectivity index (χ4n) is 3.39. The Labute approximate surface area is 174 Å². The van der Waals surface area contributed by atoms with Gasteiger partial charge in [-0.25, -0.2) is 0 Å². The van der Waals surface area contributed by atoms with Crippen LogP contribution in [0.15, 0.2) is 48.5 Å². The van der Waals surface area contributed by atoms with Crippen molar-refractivity contribution in [2.75, 3.05) is 20.2 Å². The number of carbonyl (C=O) groups excluding carboxylic acids is 1. The lowest BCUT2D eigenvalue weighted by atomic mass is 10.1. The highest BCUT2D eigenvalue weighted by molar-refractivity contribution is 7.07. The fraction of sp³-hybridized carbons (Fsp3) is 0.318. The number of benzene rings is 2. The van der Waals surface area contributed by atoms with Gasteiger partial charge in [0.2, 0.25) is 0 Å². The summed E-state index contributed by atoms with van der Waals surface area (Å²) in [5.74, 6) is 1.76. The van der Waals surface area contributed by atoms with E-state index in [0.29, 0.717) is 34.5 Å². The predicted molar refractivity (Wildman–Crippen MR) is 112 cm³/mol. The Balaban J connectivity index is 1.51.